The van der Waals surface area contributed by atoms with Crippen LogP contribution in [-0.2, 0) is 6.54 Å². The third kappa shape index (κ3) is 5.72. The number of aryl methyl sites for hydroxylation is 1. The van der Waals surface area contributed by atoms with Crippen molar-refractivity contribution in [2.24, 2.45) is 4.99 Å². The van der Waals surface area contributed by atoms with Crippen molar-refractivity contribution < 1.29 is 9.26 Å². The van der Waals surface area contributed by atoms with Crippen LogP contribution < -0.4 is 15.0 Å². The van der Waals surface area contributed by atoms with Crippen LogP contribution in [0.25, 0.3) is 0 Å². The third-order valence-corrected chi connectivity index (χ3v) is 4.27. The van der Waals surface area contributed by atoms with Crippen molar-refractivity contribution in [1.29, 1.82) is 0 Å². The van der Waals surface area contributed by atoms with Gasteiger partial charge in [0.05, 0.1) is 7.11 Å². The van der Waals surface area contributed by atoms with Gasteiger partial charge in [-0.25, -0.2) is 4.99 Å². The summed E-state index contributed by atoms with van der Waals surface area (Å²) in [6.45, 7) is 8.72. The zero-order chi connectivity index (χ0) is 18.4. The Morgan fingerprint density at radius 3 is 2.70 bits per heavy atom. The maximum atomic E-state index is 5.33. The molecule has 8 nitrogen and oxygen atoms in total. The van der Waals surface area contributed by atoms with Gasteiger partial charge in [-0.2, -0.15) is 4.98 Å². The second-order valence-electron chi connectivity index (χ2n) is 6.08. The van der Waals surface area contributed by atoms with Gasteiger partial charge in [-0.05, 0) is 26.0 Å². The van der Waals surface area contributed by atoms with Crippen LogP contribution in [0.3, 0.4) is 0 Å². The molecule has 1 aromatic carbocycles. The van der Waals surface area contributed by atoms with Crippen LogP contribution in [0.4, 0.5) is 5.69 Å². The molecule has 9 heteroatoms. The first-order valence-electron chi connectivity index (χ1n) is 8.91. The van der Waals surface area contributed by atoms with Crippen LogP contribution in [-0.4, -0.2) is 60.8 Å². The molecule has 0 spiro atoms. The lowest BCUT2D eigenvalue weighted by Crippen LogP contribution is -2.52. The molecule has 0 radical (unpaired) electrons. The number of hydrogen-bond donors (Lipinski definition) is 1. The highest BCUT2D eigenvalue weighted by atomic mass is 127. The van der Waals surface area contributed by atoms with Gasteiger partial charge in [0, 0.05) is 44.5 Å². The summed E-state index contributed by atoms with van der Waals surface area (Å²) in [5.41, 5.74) is 1.19. The van der Waals surface area contributed by atoms with E-state index in [1.807, 2.05) is 12.1 Å². The highest BCUT2D eigenvalue weighted by molar-refractivity contribution is 14.0. The lowest BCUT2D eigenvalue weighted by Gasteiger charge is -2.37. The smallest absolute Gasteiger partial charge is 0.248 e. The molecule has 27 heavy (non-hydrogen) atoms. The second kappa shape index (κ2) is 10.3. The summed E-state index contributed by atoms with van der Waals surface area (Å²) in [7, 11) is 1.70. The van der Waals surface area contributed by atoms with Crippen molar-refractivity contribution in [3.8, 4) is 5.75 Å². The number of ether oxygens (including phenoxy) is 1. The van der Waals surface area contributed by atoms with Crippen molar-refractivity contribution in [3.63, 3.8) is 0 Å². The van der Waals surface area contributed by atoms with E-state index in [0.29, 0.717) is 18.3 Å². The van der Waals surface area contributed by atoms with Gasteiger partial charge in [-0.1, -0.05) is 11.2 Å². The van der Waals surface area contributed by atoms with Crippen LogP contribution >= 0.6 is 24.0 Å². The SMILES string of the molecule is CCNC(=NCc1nc(C)no1)N1CCN(c2cccc(OC)c2)CC1.I. The largest absolute Gasteiger partial charge is 0.497 e. The first-order chi connectivity index (χ1) is 12.7. The number of halogens is 1. The molecule has 1 fully saturated rings. The first kappa shape index (κ1) is 21.3. The van der Waals surface area contributed by atoms with Crippen molar-refractivity contribution in [1.82, 2.24) is 20.4 Å². The van der Waals surface area contributed by atoms with Crippen molar-refractivity contribution in [3.05, 3.63) is 36.0 Å². The van der Waals surface area contributed by atoms with Crippen molar-refractivity contribution in [2.45, 2.75) is 20.4 Å². The lowest BCUT2D eigenvalue weighted by molar-refractivity contribution is 0.363. The molecule has 1 aliphatic heterocycles. The summed E-state index contributed by atoms with van der Waals surface area (Å²) in [5.74, 6) is 2.93. The fraction of sp³-hybridized carbons (Fsp3) is 0.500. The molecule has 1 N–H and O–H groups in total. The quantitative estimate of drug-likeness (QED) is 0.395. The topological polar surface area (TPSA) is 79.0 Å². The number of hydrogen-bond acceptors (Lipinski definition) is 6. The third-order valence-electron chi connectivity index (χ3n) is 4.27. The summed E-state index contributed by atoms with van der Waals surface area (Å²) >= 11 is 0. The number of rotatable bonds is 5. The van der Waals surface area contributed by atoms with E-state index >= 15 is 0 Å². The van der Waals surface area contributed by atoms with E-state index in [1.54, 1.807) is 14.0 Å². The summed E-state index contributed by atoms with van der Waals surface area (Å²) in [5, 5.41) is 7.15. The second-order valence-corrected chi connectivity index (χ2v) is 6.08. The molecule has 1 saturated heterocycles. The Balaban J connectivity index is 0.00000261. The number of guanidine groups is 1. The standard InChI is InChI=1S/C18H26N6O2.HI/c1-4-19-18(20-13-17-21-14(2)22-26-17)24-10-8-23(9-11-24)15-6-5-7-16(12-15)25-3;/h5-7,12H,4,8-11,13H2,1-3H3,(H,19,20);1H. The molecule has 2 aromatic rings. The van der Waals surface area contributed by atoms with E-state index in [9.17, 15) is 0 Å². The molecule has 0 aliphatic carbocycles. The normalized spacial score (nSPS) is 14.7. The minimum absolute atomic E-state index is 0. The van der Waals surface area contributed by atoms with Crippen molar-refractivity contribution in [2.75, 3.05) is 44.7 Å². The average Bonchev–Trinajstić information content (AvgIpc) is 3.10. The van der Waals surface area contributed by atoms with Gasteiger partial charge in [0.15, 0.2) is 11.8 Å². The Morgan fingerprint density at radius 2 is 2.07 bits per heavy atom. The van der Waals surface area contributed by atoms with Crippen LogP contribution in [0.1, 0.15) is 18.6 Å². The van der Waals surface area contributed by atoms with E-state index in [4.69, 9.17) is 9.26 Å². The van der Waals surface area contributed by atoms with E-state index in [2.05, 4.69) is 49.3 Å². The maximum Gasteiger partial charge on any atom is 0.248 e. The Kier molecular flexibility index (Phi) is 8.14. The van der Waals surface area contributed by atoms with Gasteiger partial charge in [0.2, 0.25) is 5.89 Å². The molecule has 0 amide bonds. The number of nitrogens with one attached hydrogen (secondary N) is 1. The number of aromatic nitrogens is 2. The summed E-state index contributed by atoms with van der Waals surface area (Å²) in [6.07, 6.45) is 0. The monoisotopic (exact) mass is 486 g/mol. The van der Waals surface area contributed by atoms with E-state index in [1.165, 1.54) is 5.69 Å². The number of piperazine rings is 1. The predicted octanol–water partition coefficient (Wildman–Crippen LogP) is 2.29. The highest BCUT2D eigenvalue weighted by Gasteiger charge is 2.20. The molecule has 0 bridgehead atoms. The number of aliphatic imine (C=N–C) groups is 1. The minimum Gasteiger partial charge on any atom is -0.497 e. The van der Waals surface area contributed by atoms with Crippen LogP contribution in [0.5, 0.6) is 5.75 Å². The number of nitrogens with zero attached hydrogens (tertiary/aromatic N) is 5. The Bertz CT molecular complexity index is 743. The van der Waals surface area contributed by atoms with Crippen molar-refractivity contribution >= 4 is 35.6 Å². The molecule has 3 rings (SSSR count). The van der Waals surface area contributed by atoms with Crippen LogP contribution in [0.2, 0.25) is 0 Å². The average molecular weight is 486 g/mol. The fourth-order valence-corrected chi connectivity index (χ4v) is 2.96. The number of benzene rings is 1. The summed E-state index contributed by atoms with van der Waals surface area (Å²) < 4.78 is 10.5. The Labute approximate surface area is 177 Å². The molecule has 0 atom stereocenters. The molecular formula is C18H27IN6O2. The molecule has 0 saturated carbocycles. The zero-order valence-corrected chi connectivity index (χ0v) is 18.3. The van der Waals surface area contributed by atoms with Gasteiger partial charge in [-0.3, -0.25) is 0 Å². The minimum atomic E-state index is 0. The van der Waals surface area contributed by atoms with E-state index < -0.39 is 0 Å². The highest BCUT2D eigenvalue weighted by Crippen LogP contribution is 2.22. The van der Waals surface area contributed by atoms with E-state index in [-0.39, 0.29) is 24.0 Å². The maximum absolute atomic E-state index is 5.33. The molecule has 2 heterocycles. The summed E-state index contributed by atoms with van der Waals surface area (Å²) in [4.78, 5) is 13.5. The Morgan fingerprint density at radius 1 is 1.30 bits per heavy atom. The summed E-state index contributed by atoms with van der Waals surface area (Å²) in [6, 6.07) is 8.19. The first-order valence-corrected chi connectivity index (χ1v) is 8.91. The molecule has 1 aliphatic rings. The number of anilines is 1. The van der Waals surface area contributed by atoms with Crippen LogP contribution in [0, 0.1) is 6.92 Å². The van der Waals surface area contributed by atoms with E-state index in [0.717, 1.165) is 44.4 Å². The lowest BCUT2D eigenvalue weighted by atomic mass is 10.2. The molecular weight excluding hydrogens is 459 g/mol. The van der Waals surface area contributed by atoms with Gasteiger partial charge in [0.1, 0.15) is 12.3 Å². The van der Waals surface area contributed by atoms with Gasteiger partial charge in [-0.15, -0.1) is 24.0 Å². The molecule has 148 valence electrons. The predicted molar refractivity (Wildman–Crippen MR) is 116 cm³/mol. The molecule has 1 aromatic heterocycles. The van der Waals surface area contributed by atoms with Gasteiger partial charge in [0.25, 0.3) is 0 Å². The zero-order valence-electron chi connectivity index (χ0n) is 16.0. The fourth-order valence-electron chi connectivity index (χ4n) is 2.96. The van der Waals surface area contributed by atoms with Gasteiger partial charge < -0.3 is 24.4 Å². The van der Waals surface area contributed by atoms with Crippen LogP contribution in [0.15, 0.2) is 33.8 Å². The number of methoxy groups -OCH3 is 1. The van der Waals surface area contributed by atoms with Gasteiger partial charge >= 0.3 is 0 Å². The Hall–Kier alpha value is -2.04. The molecule has 0 unspecified atom stereocenters.